The summed E-state index contributed by atoms with van der Waals surface area (Å²) in [7, 11) is 3.48. The minimum Gasteiger partial charge on any atom is -0.463 e. The molecule has 0 aromatic carbocycles. The predicted molar refractivity (Wildman–Crippen MR) is 144 cm³/mol. The van der Waals surface area contributed by atoms with E-state index in [1.54, 1.807) is 19.0 Å². The van der Waals surface area contributed by atoms with Crippen LogP contribution < -0.4 is 20.7 Å². The predicted octanol–water partition coefficient (Wildman–Crippen LogP) is 4.55. The normalized spacial score (nSPS) is 17.0. The summed E-state index contributed by atoms with van der Waals surface area (Å²) in [4.78, 5) is 23.2. The summed E-state index contributed by atoms with van der Waals surface area (Å²) in [6, 6.07) is 0.234. The molecule has 1 atom stereocenters. The van der Waals surface area contributed by atoms with Crippen molar-refractivity contribution in [3.8, 4) is 6.01 Å². The molecule has 0 spiro atoms. The maximum absolute atomic E-state index is 10.6. The minimum atomic E-state index is 0.222. The lowest BCUT2D eigenvalue weighted by Gasteiger charge is -2.20. The number of ether oxygens (including phenoxy) is 1. The highest BCUT2D eigenvalue weighted by molar-refractivity contribution is 5.78. The van der Waals surface area contributed by atoms with Gasteiger partial charge in [0.2, 0.25) is 0 Å². The van der Waals surface area contributed by atoms with Crippen LogP contribution in [0.25, 0.3) is 0 Å². The van der Waals surface area contributed by atoms with E-state index in [0.29, 0.717) is 23.9 Å². The van der Waals surface area contributed by atoms with Crippen molar-refractivity contribution in [1.29, 1.82) is 0 Å². The first-order valence-corrected chi connectivity index (χ1v) is 12.7. The number of anilines is 3. The molecule has 0 saturated carbocycles. The van der Waals surface area contributed by atoms with Crippen molar-refractivity contribution < 1.29 is 9.53 Å². The fourth-order valence-electron chi connectivity index (χ4n) is 3.76. The maximum atomic E-state index is 10.6. The van der Waals surface area contributed by atoms with E-state index in [-0.39, 0.29) is 12.6 Å². The maximum Gasteiger partial charge on any atom is 0.320 e. The Morgan fingerprint density at radius 1 is 1.29 bits per heavy atom. The van der Waals surface area contributed by atoms with Crippen LogP contribution in [0.1, 0.15) is 59.8 Å². The third-order valence-electron chi connectivity index (χ3n) is 5.53. The Hall–Kier alpha value is -2.61. The van der Waals surface area contributed by atoms with Gasteiger partial charge in [-0.3, -0.25) is 4.90 Å². The van der Waals surface area contributed by atoms with Gasteiger partial charge in [-0.25, -0.2) is 0 Å². The number of aldehydes is 1. The van der Waals surface area contributed by atoms with Crippen molar-refractivity contribution in [3.63, 3.8) is 0 Å². The van der Waals surface area contributed by atoms with E-state index < -0.39 is 0 Å². The summed E-state index contributed by atoms with van der Waals surface area (Å²) < 4.78 is 5.45. The van der Waals surface area contributed by atoms with E-state index in [4.69, 9.17) is 10.5 Å². The van der Waals surface area contributed by atoms with Crippen molar-refractivity contribution in [2.24, 2.45) is 5.92 Å². The van der Waals surface area contributed by atoms with E-state index >= 15 is 0 Å². The van der Waals surface area contributed by atoms with Crippen LogP contribution in [0.2, 0.25) is 0 Å². The van der Waals surface area contributed by atoms with E-state index in [1.807, 2.05) is 13.8 Å². The van der Waals surface area contributed by atoms with Crippen LogP contribution in [0, 0.1) is 5.92 Å². The highest BCUT2D eigenvalue weighted by Crippen LogP contribution is 2.29. The number of hydrogen-bond donors (Lipinski definition) is 2. The number of nitrogens with two attached hydrogens (primary N) is 1. The van der Waals surface area contributed by atoms with Crippen LogP contribution in [-0.2, 0) is 4.79 Å². The molecule has 0 amide bonds. The zero-order valence-electron chi connectivity index (χ0n) is 22.1. The van der Waals surface area contributed by atoms with E-state index in [2.05, 4.69) is 52.3 Å². The molecule has 34 heavy (non-hydrogen) atoms. The Kier molecular flexibility index (Phi) is 14.6. The van der Waals surface area contributed by atoms with Gasteiger partial charge in [0, 0.05) is 20.6 Å². The molecule has 1 aromatic rings. The molecule has 0 radical (unpaired) electrons. The number of hydrogen-bond acceptors (Lipinski definition) is 8. The fraction of sp³-hybridized carbons (Fsp3) is 0.654. The first-order chi connectivity index (χ1) is 16.5. The summed E-state index contributed by atoms with van der Waals surface area (Å²) >= 11 is 0. The van der Waals surface area contributed by atoms with Gasteiger partial charge in [-0.2, -0.15) is 9.97 Å². The number of carbonyl (C=O) groups is 1. The molecule has 1 saturated heterocycles. The van der Waals surface area contributed by atoms with Gasteiger partial charge in [-0.15, -0.1) is 0 Å². The monoisotopic (exact) mass is 474 g/mol. The largest absolute Gasteiger partial charge is 0.463 e. The molecule has 2 heterocycles. The summed E-state index contributed by atoms with van der Waals surface area (Å²) in [5.41, 5.74) is 7.98. The van der Waals surface area contributed by atoms with Crippen LogP contribution in [0.15, 0.2) is 23.8 Å². The molecule has 3 N–H and O–H groups in total. The molecular formula is C26H46N6O2. The number of nitrogens with zero attached hydrogens (tertiary/aromatic N) is 4. The lowest BCUT2D eigenvalue weighted by atomic mass is 9.98. The quantitative estimate of drug-likeness (QED) is 0.377. The number of carbonyl (C=O) groups excluding carboxylic acids is 1. The molecule has 8 heteroatoms. The highest BCUT2D eigenvalue weighted by atomic mass is 16.5. The number of likely N-dealkylation sites (N-methyl/N-ethyl adjacent to an activating group) is 1. The number of nitrogen functional groups attached to an aromatic ring is 1. The second-order valence-corrected chi connectivity index (χ2v) is 8.43. The van der Waals surface area contributed by atoms with Gasteiger partial charge < -0.3 is 25.5 Å². The van der Waals surface area contributed by atoms with Gasteiger partial charge in [0.25, 0.3) is 0 Å². The summed E-state index contributed by atoms with van der Waals surface area (Å²) in [6.45, 7) is 12.9. The van der Waals surface area contributed by atoms with Crippen molar-refractivity contribution in [2.45, 2.75) is 59.8 Å². The number of likely N-dealkylation sites (tertiary alicyclic amines) is 1. The number of rotatable bonds is 10. The van der Waals surface area contributed by atoms with Crippen LogP contribution in [0.5, 0.6) is 6.01 Å². The highest BCUT2D eigenvalue weighted by Gasteiger charge is 2.16. The van der Waals surface area contributed by atoms with Crippen LogP contribution in [-0.4, -0.2) is 68.0 Å². The molecule has 1 unspecified atom stereocenters. The molecule has 1 aromatic heterocycles. The van der Waals surface area contributed by atoms with E-state index in [0.717, 1.165) is 25.0 Å². The van der Waals surface area contributed by atoms with Gasteiger partial charge in [0.15, 0.2) is 11.6 Å². The fourth-order valence-corrected chi connectivity index (χ4v) is 3.76. The molecular weight excluding hydrogens is 428 g/mol. The Bertz CT molecular complexity index is 775. The zero-order valence-corrected chi connectivity index (χ0v) is 22.1. The SMILES string of the molecule is CC.CC1C=C(CN2CCCC2)C=CC1.CCCCOc1nc(N)c(NC)c(N(C)CC=O)n1. The number of aromatic nitrogens is 2. The second kappa shape index (κ2) is 16.9. The van der Waals surface area contributed by atoms with Crippen LogP contribution in [0.4, 0.5) is 17.3 Å². The first kappa shape index (κ1) is 29.4. The molecule has 2 aliphatic rings. The number of nitrogens with one attached hydrogen (secondary N) is 1. The van der Waals surface area contributed by atoms with E-state index in [1.165, 1.54) is 44.5 Å². The standard InChI is InChI=1S/C12H21N5O2.C12H19N.C2H6/c1-4-5-8-19-12-15-10(13)9(14-2)11(16-12)17(3)6-7-18;1-11-5-4-6-12(9-11)10-13-7-2-3-8-13;1-2/h7,14H,4-6,8H2,1-3H3,(H2,13,15,16);4,6,9,11H,2-3,5,7-8,10H2,1H3;1-2H3. The lowest BCUT2D eigenvalue weighted by Crippen LogP contribution is -2.23. The van der Waals surface area contributed by atoms with Crippen molar-refractivity contribution >= 4 is 23.6 Å². The van der Waals surface area contributed by atoms with Gasteiger partial charge in [0.05, 0.1) is 13.2 Å². The molecule has 192 valence electrons. The molecule has 1 aliphatic carbocycles. The molecule has 8 nitrogen and oxygen atoms in total. The smallest absolute Gasteiger partial charge is 0.320 e. The Labute approximate surface area is 206 Å². The Balaban J connectivity index is 0.000000334. The average molecular weight is 475 g/mol. The summed E-state index contributed by atoms with van der Waals surface area (Å²) in [6.07, 6.45) is 13.8. The molecule has 0 bridgehead atoms. The van der Waals surface area contributed by atoms with Gasteiger partial charge >= 0.3 is 6.01 Å². The van der Waals surface area contributed by atoms with E-state index in [9.17, 15) is 4.79 Å². The second-order valence-electron chi connectivity index (χ2n) is 8.43. The zero-order chi connectivity index (χ0) is 25.3. The number of unbranched alkanes of at least 4 members (excludes halogenated alkanes) is 1. The van der Waals surface area contributed by atoms with Gasteiger partial charge in [-0.1, -0.05) is 52.3 Å². The van der Waals surface area contributed by atoms with Crippen molar-refractivity contribution in [1.82, 2.24) is 14.9 Å². The summed E-state index contributed by atoms with van der Waals surface area (Å²) in [5, 5.41) is 2.93. The third-order valence-corrected chi connectivity index (χ3v) is 5.53. The van der Waals surface area contributed by atoms with Crippen LogP contribution in [0.3, 0.4) is 0 Å². The lowest BCUT2D eigenvalue weighted by molar-refractivity contribution is -0.106. The van der Waals surface area contributed by atoms with Crippen molar-refractivity contribution in [3.05, 3.63) is 23.8 Å². The third kappa shape index (κ3) is 10.1. The van der Waals surface area contributed by atoms with Gasteiger partial charge in [-0.05, 0) is 50.3 Å². The molecule has 3 rings (SSSR count). The topological polar surface area (TPSA) is 96.6 Å². The summed E-state index contributed by atoms with van der Waals surface area (Å²) in [5.74, 6) is 1.60. The minimum absolute atomic E-state index is 0.222. The van der Waals surface area contributed by atoms with Gasteiger partial charge in [0.1, 0.15) is 12.0 Å². The Morgan fingerprint density at radius 3 is 2.59 bits per heavy atom. The van der Waals surface area contributed by atoms with Crippen LogP contribution >= 0.6 is 0 Å². The first-order valence-electron chi connectivity index (χ1n) is 12.7. The number of allylic oxidation sites excluding steroid dienone is 2. The molecule has 1 aliphatic heterocycles. The van der Waals surface area contributed by atoms with Crippen molar-refractivity contribution in [2.75, 3.05) is 62.8 Å². The molecule has 1 fully saturated rings. The Morgan fingerprint density at radius 2 is 2.00 bits per heavy atom. The average Bonchev–Trinajstić information content (AvgIpc) is 3.34.